The third-order valence-electron chi connectivity index (χ3n) is 4.39. The first kappa shape index (κ1) is 16.2. The molecule has 2 aromatic heterocycles. The van der Waals surface area contributed by atoms with Crippen LogP contribution in [-0.2, 0) is 0 Å². The van der Waals surface area contributed by atoms with Crippen LogP contribution in [0.3, 0.4) is 0 Å². The van der Waals surface area contributed by atoms with Crippen molar-refractivity contribution in [3.05, 3.63) is 84.3 Å². The summed E-state index contributed by atoms with van der Waals surface area (Å²) in [6.45, 7) is 1.75. The fourth-order valence-electron chi connectivity index (χ4n) is 2.90. The number of hydroxylamine groups is 2. The molecule has 0 fully saturated rings. The second kappa shape index (κ2) is 6.54. The van der Waals surface area contributed by atoms with Gasteiger partial charge in [-0.2, -0.15) is 0 Å². The van der Waals surface area contributed by atoms with Crippen molar-refractivity contribution >= 4 is 16.9 Å². The predicted octanol–water partition coefficient (Wildman–Crippen LogP) is 5.29. The molecular formula is C21H17NO4. The molecule has 1 amide bonds. The highest BCUT2D eigenvalue weighted by Crippen LogP contribution is 2.30. The first-order valence-corrected chi connectivity index (χ1v) is 8.28. The van der Waals surface area contributed by atoms with Gasteiger partial charge in [0.15, 0.2) is 5.76 Å². The molecule has 4 rings (SSSR count). The quantitative estimate of drug-likeness (QED) is 0.402. The van der Waals surface area contributed by atoms with E-state index in [2.05, 4.69) is 0 Å². The molecule has 1 atom stereocenters. The maximum atomic E-state index is 12.2. The van der Waals surface area contributed by atoms with Gasteiger partial charge < -0.3 is 8.83 Å². The molecular weight excluding hydrogens is 330 g/mol. The minimum absolute atomic E-state index is 0.0927. The molecule has 0 bridgehead atoms. The Morgan fingerprint density at radius 3 is 2.58 bits per heavy atom. The molecule has 0 spiro atoms. The van der Waals surface area contributed by atoms with Gasteiger partial charge in [0.2, 0.25) is 0 Å². The topological polar surface area (TPSA) is 66.8 Å². The maximum Gasteiger partial charge on any atom is 0.313 e. The Bertz CT molecular complexity index is 1030. The number of hydrogen-bond acceptors (Lipinski definition) is 4. The lowest BCUT2D eigenvalue weighted by atomic mass is 10.1. The average Bonchev–Trinajstić information content (AvgIpc) is 3.36. The lowest BCUT2D eigenvalue weighted by molar-refractivity contribution is -0.0871. The van der Waals surface area contributed by atoms with Crippen LogP contribution in [0.5, 0.6) is 0 Å². The zero-order chi connectivity index (χ0) is 18.1. The molecule has 5 heteroatoms. The van der Waals surface area contributed by atoms with Crippen molar-refractivity contribution in [2.75, 3.05) is 0 Å². The van der Waals surface area contributed by atoms with Gasteiger partial charge in [-0.15, -0.1) is 0 Å². The van der Waals surface area contributed by atoms with Crippen molar-refractivity contribution < 1.29 is 18.8 Å². The van der Waals surface area contributed by atoms with Crippen molar-refractivity contribution in [1.29, 1.82) is 0 Å². The molecule has 2 aromatic carbocycles. The Morgan fingerprint density at radius 2 is 1.85 bits per heavy atom. The van der Waals surface area contributed by atoms with E-state index in [1.54, 1.807) is 13.0 Å². The van der Waals surface area contributed by atoms with Crippen LogP contribution in [0.2, 0.25) is 0 Å². The Labute approximate surface area is 150 Å². The number of nitrogens with zero attached hydrogens (tertiary/aromatic N) is 1. The molecule has 0 saturated heterocycles. The van der Waals surface area contributed by atoms with Crippen LogP contribution in [0.15, 0.2) is 81.8 Å². The summed E-state index contributed by atoms with van der Waals surface area (Å²) in [5, 5.41) is 11.9. The van der Waals surface area contributed by atoms with E-state index in [1.165, 1.54) is 12.3 Å². The van der Waals surface area contributed by atoms with Crippen LogP contribution >= 0.6 is 0 Å². The molecule has 2 heterocycles. The normalized spacial score (nSPS) is 12.2. The van der Waals surface area contributed by atoms with Crippen LogP contribution in [-0.4, -0.2) is 16.2 Å². The third-order valence-corrected chi connectivity index (χ3v) is 4.39. The van der Waals surface area contributed by atoms with Crippen molar-refractivity contribution in [2.24, 2.45) is 0 Å². The largest absolute Gasteiger partial charge is 0.459 e. The Morgan fingerprint density at radius 1 is 1.04 bits per heavy atom. The predicted molar refractivity (Wildman–Crippen MR) is 96.7 cm³/mol. The van der Waals surface area contributed by atoms with Gasteiger partial charge in [0.25, 0.3) is 0 Å². The van der Waals surface area contributed by atoms with Crippen LogP contribution in [0.4, 0.5) is 0 Å². The number of amides is 1. The van der Waals surface area contributed by atoms with Crippen LogP contribution in [0, 0.1) is 0 Å². The first-order chi connectivity index (χ1) is 12.6. The van der Waals surface area contributed by atoms with Crippen molar-refractivity contribution in [2.45, 2.75) is 13.0 Å². The SMILES string of the molecule is CC(c1ccc2oc(-c3ccccc3)cc2c1)N(O)C(=O)c1ccco1. The third kappa shape index (κ3) is 2.89. The Balaban J connectivity index is 1.63. The minimum Gasteiger partial charge on any atom is -0.459 e. The van der Waals surface area contributed by atoms with E-state index in [9.17, 15) is 10.0 Å². The molecule has 0 aliphatic rings. The summed E-state index contributed by atoms with van der Waals surface area (Å²) in [5.41, 5.74) is 2.54. The number of carbonyl (C=O) groups excluding carboxylic acids is 1. The number of rotatable bonds is 4. The van der Waals surface area contributed by atoms with E-state index in [0.717, 1.165) is 27.9 Å². The van der Waals surface area contributed by atoms with Gasteiger partial charge in [-0.3, -0.25) is 10.0 Å². The Kier molecular flexibility index (Phi) is 4.07. The zero-order valence-electron chi connectivity index (χ0n) is 14.1. The van der Waals surface area contributed by atoms with Crippen molar-refractivity contribution in [1.82, 2.24) is 5.06 Å². The fourth-order valence-corrected chi connectivity index (χ4v) is 2.90. The van der Waals surface area contributed by atoms with Gasteiger partial charge >= 0.3 is 5.91 Å². The minimum atomic E-state index is -0.584. The van der Waals surface area contributed by atoms with E-state index in [4.69, 9.17) is 8.83 Å². The van der Waals surface area contributed by atoms with E-state index in [0.29, 0.717) is 5.06 Å². The second-order valence-corrected chi connectivity index (χ2v) is 6.08. The summed E-state index contributed by atoms with van der Waals surface area (Å²) in [6, 6.07) is 20.0. The van der Waals surface area contributed by atoms with Gasteiger partial charge in [-0.25, -0.2) is 5.06 Å². The molecule has 26 heavy (non-hydrogen) atoms. The zero-order valence-corrected chi connectivity index (χ0v) is 14.1. The smallest absolute Gasteiger partial charge is 0.313 e. The van der Waals surface area contributed by atoms with Gasteiger partial charge in [0.1, 0.15) is 11.3 Å². The highest BCUT2D eigenvalue weighted by molar-refractivity contribution is 5.91. The number of hydrogen-bond donors (Lipinski definition) is 1. The van der Waals surface area contributed by atoms with Gasteiger partial charge in [-0.1, -0.05) is 36.4 Å². The summed E-state index contributed by atoms with van der Waals surface area (Å²) in [7, 11) is 0. The number of furan rings is 2. The second-order valence-electron chi connectivity index (χ2n) is 6.08. The number of carbonyl (C=O) groups is 1. The highest BCUT2D eigenvalue weighted by atomic mass is 16.5. The molecule has 1 N–H and O–H groups in total. The Hall–Kier alpha value is -3.31. The summed E-state index contributed by atoms with van der Waals surface area (Å²) >= 11 is 0. The lowest BCUT2D eigenvalue weighted by Gasteiger charge is -2.22. The summed E-state index contributed by atoms with van der Waals surface area (Å²) < 4.78 is 11.0. The molecule has 0 saturated carbocycles. The summed E-state index contributed by atoms with van der Waals surface area (Å²) in [4.78, 5) is 12.2. The molecule has 0 aliphatic heterocycles. The van der Waals surface area contributed by atoms with E-state index >= 15 is 0 Å². The number of benzene rings is 2. The lowest BCUT2D eigenvalue weighted by Crippen LogP contribution is -2.30. The summed E-state index contributed by atoms with van der Waals surface area (Å²) in [6.07, 6.45) is 1.40. The summed E-state index contributed by atoms with van der Waals surface area (Å²) in [5.74, 6) is 0.285. The highest BCUT2D eigenvalue weighted by Gasteiger charge is 2.23. The maximum absolute atomic E-state index is 12.2. The molecule has 5 nitrogen and oxygen atoms in total. The van der Waals surface area contributed by atoms with Gasteiger partial charge in [0.05, 0.1) is 12.3 Å². The molecule has 0 aliphatic carbocycles. The number of fused-ring (bicyclic) bond motifs is 1. The van der Waals surface area contributed by atoms with E-state index in [-0.39, 0.29) is 5.76 Å². The monoisotopic (exact) mass is 347 g/mol. The van der Waals surface area contributed by atoms with Gasteiger partial charge in [-0.05, 0) is 42.8 Å². The van der Waals surface area contributed by atoms with Crippen molar-refractivity contribution in [3.8, 4) is 11.3 Å². The van der Waals surface area contributed by atoms with Crippen LogP contribution < -0.4 is 0 Å². The van der Waals surface area contributed by atoms with E-state index < -0.39 is 11.9 Å². The van der Waals surface area contributed by atoms with Gasteiger partial charge in [0, 0.05) is 10.9 Å². The molecule has 1 unspecified atom stereocenters. The standard InChI is InChI=1S/C21H17NO4/c1-14(22(24)21(23)19-8-5-11-25-19)16-9-10-18-17(12-16)13-20(26-18)15-6-3-2-4-7-15/h2-14,24H,1H3. The molecule has 4 aromatic rings. The van der Waals surface area contributed by atoms with Crippen LogP contribution in [0.25, 0.3) is 22.3 Å². The van der Waals surface area contributed by atoms with E-state index in [1.807, 2.05) is 54.6 Å². The van der Waals surface area contributed by atoms with Crippen LogP contribution in [0.1, 0.15) is 29.1 Å². The molecule has 130 valence electrons. The average molecular weight is 347 g/mol. The van der Waals surface area contributed by atoms with Crippen molar-refractivity contribution in [3.63, 3.8) is 0 Å². The first-order valence-electron chi connectivity index (χ1n) is 8.28. The fraction of sp³-hybridized carbons (Fsp3) is 0.0952. The molecule has 0 radical (unpaired) electrons.